The van der Waals surface area contributed by atoms with Crippen molar-refractivity contribution in [3.8, 4) is 0 Å². The molecule has 138 valence electrons. The Hall–Kier alpha value is -2.96. The Morgan fingerprint density at radius 3 is 2.50 bits per heavy atom. The van der Waals surface area contributed by atoms with Gasteiger partial charge in [0.25, 0.3) is 5.56 Å². The Morgan fingerprint density at radius 1 is 1.19 bits per heavy atom. The van der Waals surface area contributed by atoms with Crippen LogP contribution >= 0.6 is 0 Å². The summed E-state index contributed by atoms with van der Waals surface area (Å²) in [5, 5.41) is 2.70. The van der Waals surface area contributed by atoms with E-state index >= 15 is 0 Å². The molecule has 1 heterocycles. The zero-order chi connectivity index (χ0) is 19.1. The maximum Gasteiger partial charge on any atom is 0.338 e. The first-order chi connectivity index (χ1) is 12.4. The van der Waals surface area contributed by atoms with E-state index in [9.17, 15) is 14.4 Å². The van der Waals surface area contributed by atoms with Gasteiger partial charge in [0.15, 0.2) is 0 Å². The van der Waals surface area contributed by atoms with E-state index in [4.69, 9.17) is 4.74 Å². The lowest BCUT2D eigenvalue weighted by Gasteiger charge is -2.10. The lowest BCUT2D eigenvalue weighted by atomic mass is 10.2. The molecule has 7 heteroatoms. The number of carbonyl (C=O) groups is 2. The second-order valence-electron chi connectivity index (χ2n) is 5.98. The van der Waals surface area contributed by atoms with Gasteiger partial charge in [-0.2, -0.15) is 0 Å². The average Bonchev–Trinajstić information content (AvgIpc) is 2.59. The number of carbonyl (C=O) groups excluding carboxylic acids is 2. The van der Waals surface area contributed by atoms with E-state index in [2.05, 4.69) is 10.3 Å². The molecule has 0 aliphatic rings. The Labute approximate surface area is 152 Å². The summed E-state index contributed by atoms with van der Waals surface area (Å²) in [4.78, 5) is 40.2. The van der Waals surface area contributed by atoms with Crippen LogP contribution in [0.15, 0.2) is 35.1 Å². The van der Waals surface area contributed by atoms with Crippen LogP contribution < -0.4 is 10.9 Å². The van der Waals surface area contributed by atoms with Crippen molar-refractivity contribution in [1.29, 1.82) is 0 Å². The molecule has 0 unspecified atom stereocenters. The van der Waals surface area contributed by atoms with E-state index in [0.29, 0.717) is 29.4 Å². The molecule has 0 saturated carbocycles. The molecule has 0 fully saturated rings. The molecule has 0 aliphatic carbocycles. The van der Waals surface area contributed by atoms with Gasteiger partial charge in [-0.05, 0) is 44.5 Å². The predicted octanol–water partition coefficient (Wildman–Crippen LogP) is 2.46. The van der Waals surface area contributed by atoms with Crippen LogP contribution in [0.3, 0.4) is 0 Å². The highest BCUT2D eigenvalue weighted by molar-refractivity contribution is 5.93. The molecule has 0 spiro atoms. The minimum Gasteiger partial charge on any atom is -0.462 e. The number of unbranched alkanes of at least 4 members (excludes halogenated alkanes) is 1. The zero-order valence-corrected chi connectivity index (χ0v) is 15.2. The van der Waals surface area contributed by atoms with Crippen LogP contribution in [0.2, 0.25) is 0 Å². The Morgan fingerprint density at radius 2 is 1.88 bits per heavy atom. The largest absolute Gasteiger partial charge is 0.462 e. The summed E-state index contributed by atoms with van der Waals surface area (Å²) in [5.41, 5.74) is 1.31. The number of rotatable bonds is 7. The van der Waals surface area contributed by atoms with Crippen molar-refractivity contribution in [1.82, 2.24) is 9.55 Å². The third-order valence-corrected chi connectivity index (χ3v) is 3.76. The Kier molecular flexibility index (Phi) is 6.66. The summed E-state index contributed by atoms with van der Waals surface area (Å²) in [6, 6.07) is 7.82. The molecule has 1 N–H and O–H groups in total. The first kappa shape index (κ1) is 19.4. The molecular weight excluding hydrogens is 334 g/mol. The molecule has 0 radical (unpaired) electrons. The van der Waals surface area contributed by atoms with Crippen LogP contribution in [0.4, 0.5) is 5.69 Å². The van der Waals surface area contributed by atoms with E-state index in [0.717, 1.165) is 12.8 Å². The molecule has 0 aliphatic heterocycles. The van der Waals surface area contributed by atoms with Gasteiger partial charge in [0.1, 0.15) is 12.4 Å². The molecular formula is C19H23N3O4. The average molecular weight is 357 g/mol. The van der Waals surface area contributed by atoms with Gasteiger partial charge in [0.2, 0.25) is 5.91 Å². The van der Waals surface area contributed by atoms with Crippen molar-refractivity contribution in [3.63, 3.8) is 0 Å². The second kappa shape index (κ2) is 8.94. The lowest BCUT2D eigenvalue weighted by Crippen LogP contribution is -2.30. The number of hydrogen-bond acceptors (Lipinski definition) is 5. The molecule has 0 bridgehead atoms. The minimum absolute atomic E-state index is 0.126. The summed E-state index contributed by atoms with van der Waals surface area (Å²) in [7, 11) is 0. The molecule has 2 aromatic rings. The molecule has 1 amide bonds. The number of esters is 1. The van der Waals surface area contributed by atoms with E-state index < -0.39 is 0 Å². The van der Waals surface area contributed by atoms with Crippen molar-refractivity contribution in [2.75, 3.05) is 11.9 Å². The predicted molar refractivity (Wildman–Crippen MR) is 98.2 cm³/mol. The fourth-order valence-electron chi connectivity index (χ4n) is 2.38. The lowest BCUT2D eigenvalue weighted by molar-refractivity contribution is -0.116. The van der Waals surface area contributed by atoms with Gasteiger partial charge in [-0.3, -0.25) is 14.2 Å². The van der Waals surface area contributed by atoms with Crippen LogP contribution in [0.1, 0.15) is 41.6 Å². The van der Waals surface area contributed by atoms with Crippen LogP contribution in [-0.4, -0.2) is 28.0 Å². The van der Waals surface area contributed by atoms with Gasteiger partial charge in [0.05, 0.1) is 12.2 Å². The van der Waals surface area contributed by atoms with Crippen molar-refractivity contribution in [2.24, 2.45) is 0 Å². The summed E-state index contributed by atoms with van der Waals surface area (Å²) in [6.45, 7) is 5.70. The monoisotopic (exact) mass is 357 g/mol. The van der Waals surface area contributed by atoms with Crippen LogP contribution in [0.25, 0.3) is 0 Å². The maximum absolute atomic E-state index is 12.2. The number of nitrogens with one attached hydrogen (secondary N) is 1. The molecule has 1 aromatic carbocycles. The number of ether oxygens (including phenoxy) is 1. The van der Waals surface area contributed by atoms with Gasteiger partial charge < -0.3 is 10.1 Å². The molecule has 0 saturated heterocycles. The normalized spacial score (nSPS) is 10.4. The van der Waals surface area contributed by atoms with E-state index in [1.165, 1.54) is 10.6 Å². The third kappa shape index (κ3) is 5.27. The Bertz CT molecular complexity index is 841. The minimum atomic E-state index is -0.385. The second-order valence-corrected chi connectivity index (χ2v) is 5.98. The van der Waals surface area contributed by atoms with E-state index in [-0.39, 0.29) is 24.0 Å². The number of benzene rings is 1. The molecule has 0 atom stereocenters. The highest BCUT2D eigenvalue weighted by Gasteiger charge is 2.10. The molecule has 1 aromatic heterocycles. The van der Waals surface area contributed by atoms with Gasteiger partial charge in [0, 0.05) is 17.4 Å². The maximum atomic E-state index is 12.2. The quantitative estimate of drug-likeness (QED) is 0.607. The van der Waals surface area contributed by atoms with Crippen LogP contribution in [0, 0.1) is 13.8 Å². The molecule has 7 nitrogen and oxygen atoms in total. The molecule has 26 heavy (non-hydrogen) atoms. The van der Waals surface area contributed by atoms with Crippen molar-refractivity contribution in [2.45, 2.75) is 40.2 Å². The van der Waals surface area contributed by atoms with Crippen molar-refractivity contribution < 1.29 is 14.3 Å². The fraction of sp³-hybridized carbons (Fsp3) is 0.368. The zero-order valence-electron chi connectivity index (χ0n) is 15.2. The highest BCUT2D eigenvalue weighted by Crippen LogP contribution is 2.11. The number of nitrogens with zero attached hydrogens (tertiary/aromatic N) is 2. The fourth-order valence-corrected chi connectivity index (χ4v) is 2.38. The van der Waals surface area contributed by atoms with Gasteiger partial charge in [-0.15, -0.1) is 0 Å². The van der Waals surface area contributed by atoms with Crippen molar-refractivity contribution in [3.05, 3.63) is 57.8 Å². The topological polar surface area (TPSA) is 90.3 Å². The highest BCUT2D eigenvalue weighted by atomic mass is 16.5. The van der Waals surface area contributed by atoms with Gasteiger partial charge in [-0.1, -0.05) is 13.3 Å². The number of hydrogen-bond donors (Lipinski definition) is 1. The van der Waals surface area contributed by atoms with Crippen molar-refractivity contribution >= 4 is 17.6 Å². The van der Waals surface area contributed by atoms with Gasteiger partial charge >= 0.3 is 5.97 Å². The first-order valence-corrected chi connectivity index (χ1v) is 8.53. The standard InChI is InChI=1S/C19H23N3O4/c1-4-5-10-26-19(25)15-6-8-16(9-7-15)21-17(23)12-22-14(3)20-13(2)11-18(22)24/h6-9,11H,4-5,10,12H2,1-3H3,(H,21,23). The number of aromatic nitrogens is 2. The number of amides is 1. The third-order valence-electron chi connectivity index (χ3n) is 3.76. The smallest absolute Gasteiger partial charge is 0.338 e. The first-order valence-electron chi connectivity index (χ1n) is 8.53. The Balaban J connectivity index is 1.97. The SMILES string of the molecule is CCCCOC(=O)c1ccc(NC(=O)Cn2c(C)nc(C)cc2=O)cc1. The molecule has 2 rings (SSSR count). The number of aryl methyl sites for hydroxylation is 2. The van der Waals surface area contributed by atoms with E-state index in [1.54, 1.807) is 38.1 Å². The number of anilines is 1. The van der Waals surface area contributed by atoms with Gasteiger partial charge in [-0.25, -0.2) is 9.78 Å². The van der Waals surface area contributed by atoms with Crippen LogP contribution in [-0.2, 0) is 16.1 Å². The summed E-state index contributed by atoms with van der Waals surface area (Å²) < 4.78 is 6.44. The summed E-state index contributed by atoms with van der Waals surface area (Å²) in [5.74, 6) is -0.251. The summed E-state index contributed by atoms with van der Waals surface area (Å²) in [6.07, 6.45) is 1.78. The summed E-state index contributed by atoms with van der Waals surface area (Å²) >= 11 is 0. The van der Waals surface area contributed by atoms with E-state index in [1.807, 2.05) is 6.92 Å². The van der Waals surface area contributed by atoms with Crippen LogP contribution in [0.5, 0.6) is 0 Å².